The Morgan fingerprint density at radius 1 is 1.44 bits per heavy atom. The van der Waals surface area contributed by atoms with Crippen LogP contribution >= 0.6 is 15.9 Å². The lowest BCUT2D eigenvalue weighted by molar-refractivity contribution is 0.130. The summed E-state index contributed by atoms with van der Waals surface area (Å²) in [4.78, 5) is 4.45. The maximum absolute atomic E-state index is 12.9. The Morgan fingerprint density at radius 2 is 2.15 bits per heavy atom. The maximum atomic E-state index is 12.9. The van der Waals surface area contributed by atoms with Crippen LogP contribution in [0.1, 0.15) is 44.6 Å². The highest BCUT2D eigenvalue weighted by atomic mass is 79.9. The molecule has 0 radical (unpaired) electrons. The number of rotatable bonds is 9. The number of nitrogens with zero attached hydrogens (tertiary/aromatic N) is 2. The van der Waals surface area contributed by atoms with E-state index in [9.17, 15) is 13.5 Å². The number of anilines is 1. The summed E-state index contributed by atoms with van der Waals surface area (Å²) in [7, 11) is -2.19. The fourth-order valence-corrected chi connectivity index (χ4v) is 5.59. The number of aromatic nitrogens is 1. The zero-order valence-corrected chi connectivity index (χ0v) is 18.6. The Balaban J connectivity index is 2.11. The van der Waals surface area contributed by atoms with E-state index in [-0.39, 0.29) is 23.6 Å². The molecule has 0 aromatic carbocycles. The molecule has 1 aliphatic carbocycles. The second-order valence-corrected chi connectivity index (χ2v) is 10.0. The van der Waals surface area contributed by atoms with Gasteiger partial charge in [0.25, 0.3) is 0 Å². The van der Waals surface area contributed by atoms with Gasteiger partial charge in [0.2, 0.25) is 10.0 Å². The maximum Gasteiger partial charge on any atom is 0.244 e. The van der Waals surface area contributed by atoms with Crippen molar-refractivity contribution >= 4 is 31.8 Å². The summed E-state index contributed by atoms with van der Waals surface area (Å²) in [6, 6.07) is -0.311. The highest BCUT2D eigenvalue weighted by Gasteiger charge is 2.29. The topological polar surface area (TPSA) is 103 Å². The summed E-state index contributed by atoms with van der Waals surface area (Å²) in [5.41, 5.74) is 0.594. The Bertz CT molecular complexity index is 744. The van der Waals surface area contributed by atoms with Crippen molar-refractivity contribution in [3.63, 3.8) is 0 Å². The van der Waals surface area contributed by atoms with Crippen molar-refractivity contribution in [1.29, 1.82) is 0 Å². The lowest BCUT2D eigenvalue weighted by Crippen LogP contribution is -2.36. The van der Waals surface area contributed by atoms with Crippen LogP contribution in [-0.2, 0) is 10.0 Å². The van der Waals surface area contributed by atoms with Crippen LogP contribution in [0.15, 0.2) is 15.6 Å². The van der Waals surface area contributed by atoms with Crippen LogP contribution in [0.2, 0.25) is 0 Å². The van der Waals surface area contributed by atoms with Crippen molar-refractivity contribution in [1.82, 2.24) is 9.29 Å². The SMILES string of the molecule is Cc1c(S(=O)(=O)N(C)C(C)CCO)cnc(NCC[C@@H]2CCC[C@@H]2O)c1Br. The average molecular weight is 464 g/mol. The Kier molecular flexibility index (Phi) is 8.05. The molecule has 3 N–H and O–H groups in total. The van der Waals surface area contributed by atoms with E-state index in [1.165, 1.54) is 17.5 Å². The molecular weight excluding hydrogens is 434 g/mol. The molecule has 3 atom stereocenters. The van der Waals surface area contributed by atoms with Crippen molar-refractivity contribution in [2.45, 2.75) is 63.0 Å². The van der Waals surface area contributed by atoms with Crippen LogP contribution in [0.4, 0.5) is 5.82 Å². The fourth-order valence-electron chi connectivity index (χ4n) is 3.44. The molecule has 0 saturated heterocycles. The zero-order chi connectivity index (χ0) is 20.2. The molecule has 1 heterocycles. The van der Waals surface area contributed by atoms with Crippen LogP contribution in [-0.4, -0.2) is 60.3 Å². The molecule has 1 fully saturated rings. The molecule has 9 heteroatoms. The van der Waals surface area contributed by atoms with Gasteiger partial charge in [-0.15, -0.1) is 0 Å². The summed E-state index contributed by atoms with van der Waals surface area (Å²) in [6.07, 6.45) is 5.39. The van der Waals surface area contributed by atoms with Gasteiger partial charge >= 0.3 is 0 Å². The van der Waals surface area contributed by atoms with E-state index in [2.05, 4.69) is 26.2 Å². The third kappa shape index (κ3) is 5.20. The fraction of sp³-hybridized carbons (Fsp3) is 0.722. The van der Waals surface area contributed by atoms with E-state index in [1.54, 1.807) is 13.8 Å². The van der Waals surface area contributed by atoms with E-state index >= 15 is 0 Å². The number of halogens is 1. The molecule has 0 spiro atoms. The summed E-state index contributed by atoms with van der Waals surface area (Å²) in [5, 5.41) is 22.2. The van der Waals surface area contributed by atoms with Crippen LogP contribution in [0.25, 0.3) is 0 Å². The van der Waals surface area contributed by atoms with Crippen molar-refractivity contribution < 1.29 is 18.6 Å². The first-order chi connectivity index (χ1) is 12.7. The molecule has 2 rings (SSSR count). The van der Waals surface area contributed by atoms with Gasteiger partial charge in [-0.25, -0.2) is 13.4 Å². The van der Waals surface area contributed by atoms with Gasteiger partial charge in [-0.2, -0.15) is 4.31 Å². The van der Waals surface area contributed by atoms with Gasteiger partial charge in [-0.3, -0.25) is 0 Å². The third-order valence-corrected chi connectivity index (χ3v) is 8.52. The van der Waals surface area contributed by atoms with Crippen LogP contribution in [0, 0.1) is 12.8 Å². The molecule has 27 heavy (non-hydrogen) atoms. The number of pyridine rings is 1. The number of sulfonamides is 1. The highest BCUT2D eigenvalue weighted by Crippen LogP contribution is 2.32. The lowest BCUT2D eigenvalue weighted by atomic mass is 10.0. The van der Waals surface area contributed by atoms with Gasteiger partial charge in [-0.05, 0) is 66.9 Å². The van der Waals surface area contributed by atoms with Crippen molar-refractivity contribution in [3.8, 4) is 0 Å². The molecule has 7 nitrogen and oxygen atoms in total. The van der Waals surface area contributed by atoms with Gasteiger partial charge in [-0.1, -0.05) is 6.42 Å². The van der Waals surface area contributed by atoms with E-state index in [1.807, 2.05) is 0 Å². The number of aliphatic hydroxyl groups excluding tert-OH is 2. The quantitative estimate of drug-likeness (QED) is 0.519. The van der Waals surface area contributed by atoms with E-state index in [0.29, 0.717) is 34.7 Å². The number of hydrogen-bond donors (Lipinski definition) is 3. The average Bonchev–Trinajstić information content (AvgIpc) is 3.03. The van der Waals surface area contributed by atoms with Gasteiger partial charge in [0.1, 0.15) is 10.7 Å². The van der Waals surface area contributed by atoms with E-state index < -0.39 is 10.0 Å². The monoisotopic (exact) mass is 463 g/mol. The second kappa shape index (κ2) is 9.65. The Hall–Kier alpha value is -0.740. The molecule has 1 unspecified atom stereocenters. The van der Waals surface area contributed by atoms with Gasteiger partial charge in [0, 0.05) is 32.4 Å². The number of aliphatic hydroxyl groups is 2. The molecular formula is C18H30BrN3O4S. The first kappa shape index (κ1) is 22.5. The van der Waals surface area contributed by atoms with Crippen molar-refractivity contribution in [3.05, 3.63) is 16.2 Å². The predicted molar refractivity (Wildman–Crippen MR) is 109 cm³/mol. The molecule has 0 amide bonds. The molecule has 0 aliphatic heterocycles. The van der Waals surface area contributed by atoms with Gasteiger partial charge in [0.05, 0.1) is 10.6 Å². The molecule has 1 saturated carbocycles. The van der Waals surface area contributed by atoms with Crippen LogP contribution in [0.5, 0.6) is 0 Å². The Morgan fingerprint density at radius 3 is 2.74 bits per heavy atom. The van der Waals surface area contributed by atoms with Crippen LogP contribution < -0.4 is 5.32 Å². The van der Waals surface area contributed by atoms with Crippen molar-refractivity contribution in [2.75, 3.05) is 25.5 Å². The number of hydrogen-bond acceptors (Lipinski definition) is 6. The minimum atomic E-state index is -3.70. The normalized spacial score (nSPS) is 21.6. The van der Waals surface area contributed by atoms with Crippen molar-refractivity contribution in [2.24, 2.45) is 5.92 Å². The predicted octanol–water partition coefficient (Wildman–Crippen LogP) is 2.51. The number of nitrogens with one attached hydrogen (secondary N) is 1. The van der Waals surface area contributed by atoms with Gasteiger partial charge in [0.15, 0.2) is 0 Å². The van der Waals surface area contributed by atoms with Crippen LogP contribution in [0.3, 0.4) is 0 Å². The second-order valence-electron chi connectivity index (χ2n) is 7.27. The first-order valence-corrected chi connectivity index (χ1v) is 11.6. The molecule has 1 aromatic rings. The summed E-state index contributed by atoms with van der Waals surface area (Å²) in [5.74, 6) is 0.920. The summed E-state index contributed by atoms with van der Waals surface area (Å²) >= 11 is 3.47. The first-order valence-electron chi connectivity index (χ1n) is 9.36. The van der Waals surface area contributed by atoms with E-state index in [4.69, 9.17) is 5.11 Å². The summed E-state index contributed by atoms with van der Waals surface area (Å²) < 4.78 is 27.7. The van der Waals surface area contributed by atoms with Gasteiger partial charge < -0.3 is 15.5 Å². The minimum absolute atomic E-state index is 0.0689. The highest BCUT2D eigenvalue weighted by molar-refractivity contribution is 9.10. The molecule has 1 aromatic heterocycles. The zero-order valence-electron chi connectivity index (χ0n) is 16.2. The summed E-state index contributed by atoms with van der Waals surface area (Å²) in [6.45, 7) is 4.11. The Labute approximate surface area is 170 Å². The molecule has 1 aliphatic rings. The lowest BCUT2D eigenvalue weighted by Gasteiger charge is -2.25. The molecule has 154 valence electrons. The minimum Gasteiger partial charge on any atom is -0.396 e. The smallest absolute Gasteiger partial charge is 0.244 e. The van der Waals surface area contributed by atoms with E-state index in [0.717, 1.165) is 25.7 Å². The third-order valence-electron chi connectivity index (χ3n) is 5.47. The standard InChI is InChI=1S/C18H30BrN3O4S/c1-12(8-10-23)22(3)27(25,26)16-11-21-18(17(19)13(16)2)20-9-7-14-5-4-6-15(14)24/h11-12,14-15,23-24H,4-10H2,1-3H3,(H,20,21)/t12?,14-,15-/m0/s1. The largest absolute Gasteiger partial charge is 0.396 e. The molecule has 0 bridgehead atoms.